The fourth-order valence-electron chi connectivity index (χ4n) is 2.57. The molecule has 102 valence electrons. The zero-order valence-electron chi connectivity index (χ0n) is 11.4. The molecule has 0 atom stereocenters. The number of thiophene rings is 1. The van der Waals surface area contributed by atoms with Crippen LogP contribution in [0.5, 0.6) is 0 Å². The van der Waals surface area contributed by atoms with Crippen molar-refractivity contribution in [1.82, 2.24) is 4.90 Å². The van der Waals surface area contributed by atoms with Gasteiger partial charge < -0.3 is 15.4 Å². The van der Waals surface area contributed by atoms with E-state index in [4.69, 9.17) is 10.5 Å². The molecule has 1 aromatic rings. The van der Waals surface area contributed by atoms with E-state index in [2.05, 4.69) is 24.9 Å². The Labute approximate surface area is 114 Å². The van der Waals surface area contributed by atoms with E-state index in [1.165, 1.54) is 34.7 Å². The number of nitrogens with two attached hydrogens (primary N) is 1. The lowest BCUT2D eigenvalue weighted by atomic mass is 10.00. The van der Waals surface area contributed by atoms with Crippen LogP contribution in [0.1, 0.15) is 28.2 Å². The molecule has 4 heteroatoms. The van der Waals surface area contributed by atoms with Gasteiger partial charge >= 0.3 is 0 Å². The van der Waals surface area contributed by atoms with Gasteiger partial charge in [-0.1, -0.05) is 0 Å². The lowest BCUT2D eigenvalue weighted by molar-refractivity contribution is 0.0549. The molecule has 18 heavy (non-hydrogen) atoms. The summed E-state index contributed by atoms with van der Waals surface area (Å²) in [5, 5.41) is 0. The molecule has 3 nitrogen and oxygen atoms in total. The fourth-order valence-corrected chi connectivity index (χ4v) is 3.50. The van der Waals surface area contributed by atoms with Crippen LogP contribution in [-0.2, 0) is 17.8 Å². The summed E-state index contributed by atoms with van der Waals surface area (Å²) >= 11 is 1.83. The summed E-state index contributed by atoms with van der Waals surface area (Å²) in [7, 11) is 2.22. The average Bonchev–Trinajstić information content (AvgIpc) is 2.71. The van der Waals surface area contributed by atoms with E-state index in [0.717, 1.165) is 25.7 Å². The van der Waals surface area contributed by atoms with Crippen molar-refractivity contribution in [2.45, 2.75) is 32.9 Å². The summed E-state index contributed by atoms with van der Waals surface area (Å²) < 4.78 is 5.41. The van der Waals surface area contributed by atoms with Gasteiger partial charge in [-0.05, 0) is 44.4 Å². The summed E-state index contributed by atoms with van der Waals surface area (Å²) in [6.07, 6.45) is 2.42. The van der Waals surface area contributed by atoms with Crippen molar-refractivity contribution >= 4 is 11.3 Å². The van der Waals surface area contributed by atoms with Gasteiger partial charge in [-0.3, -0.25) is 0 Å². The van der Waals surface area contributed by atoms with Crippen molar-refractivity contribution in [3.8, 4) is 0 Å². The maximum Gasteiger partial charge on any atom is 0.0469 e. The van der Waals surface area contributed by atoms with Crippen molar-refractivity contribution in [2.24, 2.45) is 11.7 Å². The van der Waals surface area contributed by atoms with Crippen molar-refractivity contribution < 1.29 is 4.74 Å². The van der Waals surface area contributed by atoms with Gasteiger partial charge in [-0.15, -0.1) is 11.3 Å². The van der Waals surface area contributed by atoms with Gasteiger partial charge in [0.1, 0.15) is 0 Å². The van der Waals surface area contributed by atoms with Gasteiger partial charge in [0, 0.05) is 42.6 Å². The molecule has 1 saturated heterocycles. The maximum absolute atomic E-state index is 5.70. The molecule has 1 aliphatic heterocycles. The first-order valence-corrected chi connectivity index (χ1v) is 7.55. The van der Waals surface area contributed by atoms with Crippen LogP contribution in [-0.4, -0.2) is 31.7 Å². The van der Waals surface area contributed by atoms with E-state index in [1.807, 2.05) is 11.3 Å². The monoisotopic (exact) mass is 268 g/mol. The van der Waals surface area contributed by atoms with Gasteiger partial charge in [0.15, 0.2) is 0 Å². The Morgan fingerprint density at radius 1 is 1.44 bits per heavy atom. The maximum atomic E-state index is 5.70. The molecule has 1 aromatic heterocycles. The predicted molar refractivity (Wildman–Crippen MR) is 76.8 cm³/mol. The van der Waals surface area contributed by atoms with Crippen molar-refractivity contribution in [1.29, 1.82) is 0 Å². The minimum Gasteiger partial charge on any atom is -0.381 e. The van der Waals surface area contributed by atoms with Crippen LogP contribution in [0.2, 0.25) is 0 Å². The van der Waals surface area contributed by atoms with E-state index in [9.17, 15) is 0 Å². The lowest BCUT2D eigenvalue weighted by Gasteiger charge is -2.27. The summed E-state index contributed by atoms with van der Waals surface area (Å²) in [5.74, 6) is 0.802. The van der Waals surface area contributed by atoms with E-state index in [-0.39, 0.29) is 0 Å². The highest BCUT2D eigenvalue weighted by molar-refractivity contribution is 7.12. The van der Waals surface area contributed by atoms with Gasteiger partial charge in [0.2, 0.25) is 0 Å². The number of hydrogen-bond acceptors (Lipinski definition) is 4. The van der Waals surface area contributed by atoms with Crippen LogP contribution in [0, 0.1) is 12.8 Å². The van der Waals surface area contributed by atoms with Crippen LogP contribution < -0.4 is 5.73 Å². The van der Waals surface area contributed by atoms with Crippen LogP contribution in [0.3, 0.4) is 0 Å². The normalized spacial score (nSPS) is 17.6. The molecule has 0 aliphatic carbocycles. The van der Waals surface area contributed by atoms with Crippen molar-refractivity contribution in [2.75, 3.05) is 26.8 Å². The third-order valence-electron chi connectivity index (χ3n) is 3.62. The third kappa shape index (κ3) is 3.79. The summed E-state index contributed by atoms with van der Waals surface area (Å²) in [4.78, 5) is 5.14. The minimum absolute atomic E-state index is 0.662. The topological polar surface area (TPSA) is 38.5 Å². The van der Waals surface area contributed by atoms with Gasteiger partial charge in [0.25, 0.3) is 0 Å². The molecule has 0 unspecified atom stereocenters. The van der Waals surface area contributed by atoms with E-state index < -0.39 is 0 Å². The smallest absolute Gasteiger partial charge is 0.0469 e. The Morgan fingerprint density at radius 3 is 2.78 bits per heavy atom. The minimum atomic E-state index is 0.662. The number of ether oxygens (including phenoxy) is 1. The molecule has 0 radical (unpaired) electrons. The molecule has 0 amide bonds. The highest BCUT2D eigenvalue weighted by Crippen LogP contribution is 2.23. The highest BCUT2D eigenvalue weighted by atomic mass is 32.1. The Kier molecular flexibility index (Phi) is 5.18. The molecular formula is C14H24N2OS. The molecule has 2 heterocycles. The second kappa shape index (κ2) is 6.66. The van der Waals surface area contributed by atoms with Crippen LogP contribution in [0.4, 0.5) is 0 Å². The number of aryl methyl sites for hydroxylation is 1. The van der Waals surface area contributed by atoms with E-state index in [0.29, 0.717) is 6.54 Å². The Balaban J connectivity index is 1.85. The van der Waals surface area contributed by atoms with Crippen molar-refractivity contribution in [3.05, 3.63) is 21.4 Å². The molecule has 0 aromatic carbocycles. The third-order valence-corrected chi connectivity index (χ3v) is 4.74. The van der Waals surface area contributed by atoms with Gasteiger partial charge in [-0.25, -0.2) is 0 Å². The van der Waals surface area contributed by atoms with Gasteiger partial charge in [0.05, 0.1) is 0 Å². The van der Waals surface area contributed by atoms with Gasteiger partial charge in [-0.2, -0.15) is 0 Å². The molecule has 1 fully saturated rings. The predicted octanol–water partition coefficient (Wildman–Crippen LogP) is 2.37. The Morgan fingerprint density at radius 2 is 2.17 bits per heavy atom. The fraction of sp³-hybridized carbons (Fsp3) is 0.714. The largest absolute Gasteiger partial charge is 0.381 e. The SMILES string of the molecule is Cc1sc(CN)cc1CN(C)CC1CCOCC1. The van der Waals surface area contributed by atoms with E-state index in [1.54, 1.807) is 0 Å². The summed E-state index contributed by atoms with van der Waals surface area (Å²) in [5.41, 5.74) is 7.14. The zero-order chi connectivity index (χ0) is 13.0. The van der Waals surface area contributed by atoms with Crippen LogP contribution in [0.15, 0.2) is 6.07 Å². The molecule has 0 spiro atoms. The number of rotatable bonds is 5. The second-order valence-electron chi connectivity index (χ2n) is 5.25. The molecule has 1 aliphatic rings. The van der Waals surface area contributed by atoms with Crippen molar-refractivity contribution in [3.63, 3.8) is 0 Å². The Hall–Kier alpha value is -0.420. The number of hydrogen-bond donors (Lipinski definition) is 1. The van der Waals surface area contributed by atoms with E-state index >= 15 is 0 Å². The lowest BCUT2D eigenvalue weighted by Crippen LogP contribution is -2.29. The molecule has 0 saturated carbocycles. The van der Waals surface area contributed by atoms with Crippen LogP contribution in [0.25, 0.3) is 0 Å². The Bertz CT molecular complexity index is 372. The first kappa shape index (κ1) is 14.0. The second-order valence-corrected chi connectivity index (χ2v) is 6.59. The molecular weight excluding hydrogens is 244 g/mol. The first-order chi connectivity index (χ1) is 8.69. The summed E-state index contributed by atoms with van der Waals surface area (Å²) in [6, 6.07) is 2.26. The zero-order valence-corrected chi connectivity index (χ0v) is 12.3. The number of nitrogens with zero attached hydrogens (tertiary/aromatic N) is 1. The highest BCUT2D eigenvalue weighted by Gasteiger charge is 2.16. The molecule has 0 bridgehead atoms. The quantitative estimate of drug-likeness (QED) is 0.891. The molecule has 2 rings (SSSR count). The first-order valence-electron chi connectivity index (χ1n) is 6.73. The summed E-state index contributed by atoms with van der Waals surface area (Å²) in [6.45, 7) is 6.95. The molecule has 2 N–H and O–H groups in total. The standard InChI is InChI=1S/C14H24N2OS/c1-11-13(7-14(8-15)18-11)10-16(2)9-12-3-5-17-6-4-12/h7,12H,3-6,8-10,15H2,1-2H3. The van der Waals surface area contributed by atoms with Crippen LogP contribution >= 0.6 is 11.3 Å². The average molecular weight is 268 g/mol.